The second kappa shape index (κ2) is 8.43. The second-order valence-electron chi connectivity index (χ2n) is 7.24. The van der Waals surface area contributed by atoms with Crippen LogP contribution in [0.25, 0.3) is 10.8 Å². The molecule has 1 aliphatic rings. The average Bonchev–Trinajstić information content (AvgIpc) is 2.76. The lowest BCUT2D eigenvalue weighted by Gasteiger charge is -2.28. The van der Waals surface area contributed by atoms with Gasteiger partial charge in [-0.25, -0.2) is 18.2 Å². The van der Waals surface area contributed by atoms with E-state index in [1.54, 1.807) is 13.1 Å². The molecule has 1 fully saturated rings. The molecule has 6 nitrogen and oxygen atoms in total. The number of benzene rings is 1. The summed E-state index contributed by atoms with van der Waals surface area (Å²) in [7, 11) is 0. The average molecular weight is 417 g/mol. The van der Waals surface area contributed by atoms with Gasteiger partial charge in [-0.3, -0.25) is 0 Å². The fourth-order valence-corrected chi connectivity index (χ4v) is 3.59. The van der Waals surface area contributed by atoms with Crippen molar-refractivity contribution in [2.75, 3.05) is 36.5 Å². The highest BCUT2D eigenvalue weighted by Crippen LogP contribution is 2.31. The fraction of sp³-hybridized carbons (Fsp3) is 0.381. The number of anilines is 2. The summed E-state index contributed by atoms with van der Waals surface area (Å²) >= 11 is 0. The number of nitrogens with one attached hydrogen (secondary N) is 1. The number of ether oxygens (including phenoxy) is 1. The molecule has 2 aromatic heterocycles. The van der Waals surface area contributed by atoms with Crippen LogP contribution >= 0.6 is 0 Å². The van der Waals surface area contributed by atoms with E-state index in [1.807, 2.05) is 13.0 Å². The van der Waals surface area contributed by atoms with E-state index in [4.69, 9.17) is 4.74 Å². The molecule has 30 heavy (non-hydrogen) atoms. The first-order valence-corrected chi connectivity index (χ1v) is 9.74. The summed E-state index contributed by atoms with van der Waals surface area (Å²) in [5.41, 5.74) is 0.251. The molecule has 0 amide bonds. The van der Waals surface area contributed by atoms with Crippen molar-refractivity contribution in [3.63, 3.8) is 0 Å². The normalized spacial score (nSPS) is 15.6. The van der Waals surface area contributed by atoms with Gasteiger partial charge in [-0.1, -0.05) is 18.2 Å². The molecule has 1 saturated heterocycles. The smallest absolute Gasteiger partial charge is 0.266 e. The van der Waals surface area contributed by atoms with Crippen LogP contribution in [0.3, 0.4) is 0 Å². The molecule has 3 aromatic rings. The van der Waals surface area contributed by atoms with Gasteiger partial charge in [0.15, 0.2) is 5.82 Å². The highest BCUT2D eigenvalue weighted by atomic mass is 19.3. The van der Waals surface area contributed by atoms with E-state index in [0.717, 1.165) is 41.4 Å². The molecule has 158 valence electrons. The Kier molecular flexibility index (Phi) is 5.72. The number of rotatable bonds is 5. The molecular weight excluding hydrogens is 395 g/mol. The minimum Gasteiger partial charge on any atom is -0.378 e. The molecule has 1 N–H and O–H groups in total. The molecule has 0 radical (unpaired) electrons. The number of fused-ring (bicyclic) bond motifs is 1. The van der Waals surface area contributed by atoms with Gasteiger partial charge in [-0.2, -0.15) is 5.10 Å². The van der Waals surface area contributed by atoms with Crippen LogP contribution in [-0.4, -0.2) is 41.5 Å². The van der Waals surface area contributed by atoms with Crippen LogP contribution in [0.4, 0.5) is 24.8 Å². The lowest BCUT2D eigenvalue weighted by Crippen LogP contribution is -2.36. The second-order valence-corrected chi connectivity index (χ2v) is 7.24. The number of halogens is 3. The Balaban J connectivity index is 1.70. The van der Waals surface area contributed by atoms with Gasteiger partial charge in [-0.05, 0) is 19.9 Å². The van der Waals surface area contributed by atoms with Crippen molar-refractivity contribution < 1.29 is 17.9 Å². The van der Waals surface area contributed by atoms with Gasteiger partial charge in [0.1, 0.15) is 11.6 Å². The highest BCUT2D eigenvalue weighted by molar-refractivity contribution is 5.94. The number of morpholine rings is 1. The zero-order valence-corrected chi connectivity index (χ0v) is 16.7. The van der Waals surface area contributed by atoms with E-state index in [1.165, 1.54) is 12.1 Å². The van der Waals surface area contributed by atoms with E-state index >= 15 is 0 Å². The quantitative estimate of drug-likeness (QED) is 0.663. The van der Waals surface area contributed by atoms with E-state index in [9.17, 15) is 13.2 Å². The third kappa shape index (κ3) is 3.89. The Morgan fingerprint density at radius 3 is 2.57 bits per heavy atom. The van der Waals surface area contributed by atoms with E-state index in [-0.39, 0.29) is 5.56 Å². The van der Waals surface area contributed by atoms with Crippen LogP contribution in [0.15, 0.2) is 30.5 Å². The third-order valence-corrected chi connectivity index (χ3v) is 5.28. The number of aryl methyl sites for hydroxylation is 1. The van der Waals surface area contributed by atoms with Crippen molar-refractivity contribution >= 4 is 22.4 Å². The van der Waals surface area contributed by atoms with Gasteiger partial charge in [0, 0.05) is 35.6 Å². The molecule has 1 aromatic carbocycles. The highest BCUT2D eigenvalue weighted by Gasteiger charge is 2.21. The Hall–Kier alpha value is -2.94. The fourth-order valence-electron chi connectivity index (χ4n) is 3.59. The molecule has 4 rings (SSSR count). The van der Waals surface area contributed by atoms with Crippen molar-refractivity contribution in [3.05, 3.63) is 53.1 Å². The van der Waals surface area contributed by atoms with E-state index in [0.29, 0.717) is 19.0 Å². The summed E-state index contributed by atoms with van der Waals surface area (Å²) in [6.45, 7) is 6.28. The molecule has 9 heteroatoms. The number of alkyl halides is 2. The zero-order valence-electron chi connectivity index (χ0n) is 16.7. The zero-order chi connectivity index (χ0) is 21.3. The monoisotopic (exact) mass is 417 g/mol. The van der Waals surface area contributed by atoms with E-state index in [2.05, 4.69) is 25.4 Å². The predicted molar refractivity (Wildman–Crippen MR) is 108 cm³/mol. The molecule has 1 atom stereocenters. The van der Waals surface area contributed by atoms with Gasteiger partial charge in [0.05, 0.1) is 30.5 Å². The summed E-state index contributed by atoms with van der Waals surface area (Å²) < 4.78 is 46.1. The standard InChI is InChI=1S/C21H22F3N5O/c1-12(14-4-3-5-15(19(14)22)20(23)24)26-21-16-10-18(29-6-8-30-9-7-29)25-11-17(16)13(2)27-28-21/h3-5,10-12,20H,6-9H2,1-2H3,(H,26,28). The SMILES string of the molecule is Cc1nnc(NC(C)c2cccc(C(F)F)c2F)c2cc(N3CCOCC3)ncc12. The number of hydrogen-bond acceptors (Lipinski definition) is 6. The minimum absolute atomic E-state index is 0.144. The summed E-state index contributed by atoms with van der Waals surface area (Å²) in [6.07, 6.45) is -1.13. The first-order chi connectivity index (χ1) is 14.5. The van der Waals surface area contributed by atoms with Crippen molar-refractivity contribution in [3.8, 4) is 0 Å². The van der Waals surface area contributed by atoms with Crippen LogP contribution in [-0.2, 0) is 4.74 Å². The summed E-state index contributed by atoms with van der Waals surface area (Å²) in [5.74, 6) is 0.328. The van der Waals surface area contributed by atoms with Crippen LogP contribution in [0.5, 0.6) is 0 Å². The molecule has 0 spiro atoms. The summed E-state index contributed by atoms with van der Waals surface area (Å²) in [4.78, 5) is 6.67. The van der Waals surface area contributed by atoms with Gasteiger partial charge in [0.2, 0.25) is 0 Å². The van der Waals surface area contributed by atoms with Crippen LogP contribution < -0.4 is 10.2 Å². The van der Waals surface area contributed by atoms with Gasteiger partial charge >= 0.3 is 0 Å². The lowest BCUT2D eigenvalue weighted by atomic mass is 10.0. The molecule has 0 aliphatic carbocycles. The van der Waals surface area contributed by atoms with Gasteiger partial charge in [-0.15, -0.1) is 5.10 Å². The van der Waals surface area contributed by atoms with Crippen molar-refractivity contribution in [2.45, 2.75) is 26.3 Å². The minimum atomic E-state index is -2.88. The Labute approximate surface area is 172 Å². The number of nitrogens with zero attached hydrogens (tertiary/aromatic N) is 4. The van der Waals surface area contributed by atoms with Crippen LogP contribution in [0.2, 0.25) is 0 Å². The van der Waals surface area contributed by atoms with E-state index < -0.39 is 23.8 Å². The maximum absolute atomic E-state index is 14.6. The van der Waals surface area contributed by atoms with Crippen LogP contribution in [0, 0.1) is 12.7 Å². The van der Waals surface area contributed by atoms with Crippen LogP contribution in [0.1, 0.15) is 36.2 Å². The van der Waals surface area contributed by atoms with Crippen molar-refractivity contribution in [2.24, 2.45) is 0 Å². The number of pyridine rings is 1. The Bertz CT molecular complexity index is 1060. The predicted octanol–water partition coefficient (Wildman–Crippen LogP) is 4.42. The number of aromatic nitrogens is 3. The third-order valence-electron chi connectivity index (χ3n) is 5.28. The largest absolute Gasteiger partial charge is 0.378 e. The molecular formula is C21H22F3N5O. The maximum Gasteiger partial charge on any atom is 0.266 e. The van der Waals surface area contributed by atoms with Crippen molar-refractivity contribution in [1.82, 2.24) is 15.2 Å². The van der Waals surface area contributed by atoms with Gasteiger partial charge in [0.25, 0.3) is 6.43 Å². The first-order valence-electron chi connectivity index (χ1n) is 9.74. The van der Waals surface area contributed by atoms with Crippen molar-refractivity contribution in [1.29, 1.82) is 0 Å². The molecule has 3 heterocycles. The molecule has 0 saturated carbocycles. The molecule has 0 bridgehead atoms. The molecule has 1 aliphatic heterocycles. The lowest BCUT2D eigenvalue weighted by molar-refractivity contribution is 0.122. The first kappa shape index (κ1) is 20.3. The molecule has 1 unspecified atom stereocenters. The summed E-state index contributed by atoms with van der Waals surface area (Å²) in [6, 6.07) is 5.34. The summed E-state index contributed by atoms with van der Waals surface area (Å²) in [5, 5.41) is 13.1. The Morgan fingerprint density at radius 1 is 1.10 bits per heavy atom. The maximum atomic E-state index is 14.6. The Morgan fingerprint density at radius 2 is 1.83 bits per heavy atom. The van der Waals surface area contributed by atoms with Gasteiger partial charge < -0.3 is 15.0 Å². The number of hydrogen-bond donors (Lipinski definition) is 1. The topological polar surface area (TPSA) is 63.2 Å².